The molecule has 0 radical (unpaired) electrons. The zero-order valence-corrected chi connectivity index (χ0v) is 11.3. The summed E-state index contributed by atoms with van der Waals surface area (Å²) >= 11 is 0. The summed E-state index contributed by atoms with van der Waals surface area (Å²) in [6.07, 6.45) is 5.94. The Hall–Kier alpha value is -1.88. The van der Waals surface area contributed by atoms with Gasteiger partial charge in [-0.15, -0.1) is 0 Å². The molecular weight excluding hydrogens is 257 g/mol. The van der Waals surface area contributed by atoms with Gasteiger partial charge >= 0.3 is 0 Å². The molecule has 0 aliphatic carbocycles. The largest absolute Gasteiger partial charge is 0.490 e. The number of hydrogen-bond donors (Lipinski definition) is 1. The van der Waals surface area contributed by atoms with E-state index in [0.29, 0.717) is 12.5 Å². The Kier molecular flexibility index (Phi) is 3.97. The fourth-order valence-corrected chi connectivity index (χ4v) is 2.40. The Morgan fingerprint density at radius 2 is 2.20 bits per heavy atom. The first-order chi connectivity index (χ1) is 9.81. The van der Waals surface area contributed by atoms with Gasteiger partial charge in [-0.3, -0.25) is 0 Å². The van der Waals surface area contributed by atoms with Crippen molar-refractivity contribution < 1.29 is 9.13 Å². The molecule has 20 heavy (non-hydrogen) atoms. The van der Waals surface area contributed by atoms with Gasteiger partial charge in [0.05, 0.1) is 24.7 Å². The molecule has 5 heteroatoms. The lowest BCUT2D eigenvalue weighted by molar-refractivity contribution is 0.218. The van der Waals surface area contributed by atoms with Crippen LogP contribution < -0.4 is 10.1 Å². The van der Waals surface area contributed by atoms with Crippen LogP contribution in [0.4, 0.5) is 4.39 Å². The van der Waals surface area contributed by atoms with Gasteiger partial charge in [-0.25, -0.2) is 9.07 Å². The van der Waals surface area contributed by atoms with Crippen LogP contribution in [-0.2, 0) is 0 Å². The summed E-state index contributed by atoms with van der Waals surface area (Å²) in [7, 11) is 0. The van der Waals surface area contributed by atoms with Crippen molar-refractivity contribution in [1.82, 2.24) is 15.1 Å². The van der Waals surface area contributed by atoms with Crippen LogP contribution in [0.15, 0.2) is 36.7 Å². The molecular formula is C15H18FN3O. The predicted molar refractivity (Wildman–Crippen MR) is 74.6 cm³/mol. The van der Waals surface area contributed by atoms with Crippen molar-refractivity contribution in [1.29, 1.82) is 0 Å². The maximum atomic E-state index is 12.9. The van der Waals surface area contributed by atoms with Crippen LogP contribution in [0.3, 0.4) is 0 Å². The number of ether oxygens (including phenoxy) is 1. The number of piperidine rings is 1. The molecule has 0 saturated carbocycles. The second-order valence-corrected chi connectivity index (χ2v) is 5.12. The number of rotatable bonds is 4. The van der Waals surface area contributed by atoms with E-state index in [1.54, 1.807) is 23.0 Å². The number of nitrogens with zero attached hydrogens (tertiary/aromatic N) is 2. The molecule has 1 aliphatic heterocycles. The summed E-state index contributed by atoms with van der Waals surface area (Å²) in [5, 5.41) is 7.60. The maximum absolute atomic E-state index is 12.9. The average Bonchev–Trinajstić information content (AvgIpc) is 2.96. The van der Waals surface area contributed by atoms with Gasteiger partial charge in [-0.2, -0.15) is 5.10 Å². The lowest BCUT2D eigenvalue weighted by Gasteiger charge is -2.22. The van der Waals surface area contributed by atoms with Crippen molar-refractivity contribution in [3.63, 3.8) is 0 Å². The molecule has 106 valence electrons. The fraction of sp³-hybridized carbons (Fsp3) is 0.400. The van der Waals surface area contributed by atoms with E-state index in [1.165, 1.54) is 25.0 Å². The Labute approximate surface area is 117 Å². The number of nitrogens with one attached hydrogen (secondary N) is 1. The van der Waals surface area contributed by atoms with Gasteiger partial charge < -0.3 is 10.1 Å². The van der Waals surface area contributed by atoms with Crippen molar-refractivity contribution in [3.8, 4) is 11.4 Å². The third-order valence-corrected chi connectivity index (χ3v) is 3.53. The van der Waals surface area contributed by atoms with E-state index >= 15 is 0 Å². The topological polar surface area (TPSA) is 39.1 Å². The van der Waals surface area contributed by atoms with Crippen LogP contribution in [-0.4, -0.2) is 29.5 Å². The Morgan fingerprint density at radius 1 is 1.35 bits per heavy atom. The van der Waals surface area contributed by atoms with Crippen LogP contribution in [0, 0.1) is 11.7 Å². The van der Waals surface area contributed by atoms with Crippen molar-refractivity contribution in [2.24, 2.45) is 5.92 Å². The Bertz CT molecular complexity index is 547. The summed E-state index contributed by atoms with van der Waals surface area (Å²) in [6, 6.07) is 6.23. The lowest BCUT2D eigenvalue weighted by Crippen LogP contribution is -2.32. The minimum Gasteiger partial charge on any atom is -0.490 e. The van der Waals surface area contributed by atoms with Crippen molar-refractivity contribution in [3.05, 3.63) is 42.5 Å². The van der Waals surface area contributed by atoms with E-state index in [-0.39, 0.29) is 5.82 Å². The van der Waals surface area contributed by atoms with Crippen LogP contribution in [0.5, 0.6) is 5.75 Å². The molecule has 0 amide bonds. The van der Waals surface area contributed by atoms with Gasteiger partial charge in [-0.05, 0) is 43.7 Å². The molecule has 0 spiro atoms. The normalized spacial score (nSPS) is 18.9. The van der Waals surface area contributed by atoms with E-state index in [0.717, 1.165) is 24.5 Å². The van der Waals surface area contributed by atoms with E-state index in [9.17, 15) is 4.39 Å². The summed E-state index contributed by atoms with van der Waals surface area (Å²) in [5.41, 5.74) is 0.820. The number of hydrogen-bond acceptors (Lipinski definition) is 3. The second-order valence-electron chi connectivity index (χ2n) is 5.12. The van der Waals surface area contributed by atoms with E-state index in [2.05, 4.69) is 10.4 Å². The van der Waals surface area contributed by atoms with Crippen molar-refractivity contribution >= 4 is 0 Å². The number of aromatic nitrogens is 2. The molecule has 1 unspecified atom stereocenters. The molecule has 1 aromatic carbocycles. The van der Waals surface area contributed by atoms with Gasteiger partial charge in [0, 0.05) is 12.5 Å². The first kappa shape index (κ1) is 13.1. The van der Waals surface area contributed by atoms with Gasteiger partial charge in [0.15, 0.2) is 5.75 Å². The second kappa shape index (κ2) is 6.05. The van der Waals surface area contributed by atoms with Gasteiger partial charge in [0.1, 0.15) is 5.82 Å². The standard InChI is InChI=1S/C15H18FN3O/c16-13-3-5-14(6-4-13)19-10-15(9-18-19)20-11-12-2-1-7-17-8-12/h3-6,9-10,12,17H,1-2,7-8,11H2. The zero-order valence-electron chi connectivity index (χ0n) is 11.3. The highest BCUT2D eigenvalue weighted by Crippen LogP contribution is 2.16. The molecule has 2 aromatic rings. The van der Waals surface area contributed by atoms with E-state index in [4.69, 9.17) is 4.74 Å². The molecule has 4 nitrogen and oxygen atoms in total. The monoisotopic (exact) mass is 275 g/mol. The highest BCUT2D eigenvalue weighted by molar-refractivity contribution is 5.32. The molecule has 2 heterocycles. The SMILES string of the molecule is Fc1ccc(-n2cc(OCC3CCCNC3)cn2)cc1. The summed E-state index contributed by atoms with van der Waals surface area (Å²) < 4.78 is 20.3. The fourth-order valence-electron chi connectivity index (χ4n) is 2.40. The first-order valence-electron chi connectivity index (χ1n) is 6.95. The van der Waals surface area contributed by atoms with Crippen LogP contribution >= 0.6 is 0 Å². The number of halogens is 1. The lowest BCUT2D eigenvalue weighted by atomic mass is 10.0. The zero-order chi connectivity index (χ0) is 13.8. The van der Waals surface area contributed by atoms with Crippen molar-refractivity contribution in [2.45, 2.75) is 12.8 Å². The summed E-state index contributed by atoms with van der Waals surface area (Å²) in [4.78, 5) is 0. The van der Waals surface area contributed by atoms with Crippen LogP contribution in [0.1, 0.15) is 12.8 Å². The summed E-state index contributed by atoms with van der Waals surface area (Å²) in [5.74, 6) is 1.07. The Morgan fingerprint density at radius 3 is 2.95 bits per heavy atom. The van der Waals surface area contributed by atoms with Gasteiger partial charge in [0.25, 0.3) is 0 Å². The van der Waals surface area contributed by atoms with Crippen LogP contribution in [0.2, 0.25) is 0 Å². The molecule has 1 aliphatic rings. The molecule has 0 bridgehead atoms. The molecule has 1 atom stereocenters. The minimum absolute atomic E-state index is 0.248. The first-order valence-corrected chi connectivity index (χ1v) is 6.95. The third-order valence-electron chi connectivity index (χ3n) is 3.53. The predicted octanol–water partition coefficient (Wildman–Crippen LogP) is 2.39. The molecule has 1 fully saturated rings. The van der Waals surface area contributed by atoms with E-state index in [1.807, 2.05) is 6.20 Å². The smallest absolute Gasteiger partial charge is 0.157 e. The maximum Gasteiger partial charge on any atom is 0.157 e. The average molecular weight is 275 g/mol. The third kappa shape index (κ3) is 3.17. The molecule has 1 N–H and O–H groups in total. The molecule has 3 rings (SSSR count). The number of benzene rings is 1. The Balaban J connectivity index is 1.60. The highest BCUT2D eigenvalue weighted by atomic mass is 19.1. The van der Waals surface area contributed by atoms with E-state index < -0.39 is 0 Å². The highest BCUT2D eigenvalue weighted by Gasteiger charge is 2.14. The minimum atomic E-state index is -0.248. The van der Waals surface area contributed by atoms with Crippen molar-refractivity contribution in [2.75, 3.05) is 19.7 Å². The molecule has 1 aromatic heterocycles. The van der Waals surface area contributed by atoms with Gasteiger partial charge in [0.2, 0.25) is 0 Å². The molecule has 1 saturated heterocycles. The van der Waals surface area contributed by atoms with Gasteiger partial charge in [-0.1, -0.05) is 0 Å². The quantitative estimate of drug-likeness (QED) is 0.931. The summed E-state index contributed by atoms with van der Waals surface area (Å²) in [6.45, 7) is 2.84. The van der Waals surface area contributed by atoms with Crippen LogP contribution in [0.25, 0.3) is 5.69 Å².